The number of aliphatic imine (C=N–C) groups is 1. The Morgan fingerprint density at radius 2 is 1.79 bits per heavy atom. The molecule has 0 saturated carbocycles. The summed E-state index contributed by atoms with van der Waals surface area (Å²) in [6.45, 7) is 4.27. The first kappa shape index (κ1) is 16.0. The summed E-state index contributed by atoms with van der Waals surface area (Å²) in [7, 11) is 1.59. The van der Waals surface area contributed by atoms with Crippen molar-refractivity contribution in [2.45, 2.75) is 19.8 Å². The minimum atomic E-state index is -0.455. The molecule has 0 atom stereocenters. The number of cyclic esters (lactones) is 1. The van der Waals surface area contributed by atoms with Gasteiger partial charge in [0.25, 0.3) is 0 Å². The van der Waals surface area contributed by atoms with Gasteiger partial charge in [0.1, 0.15) is 5.75 Å². The van der Waals surface area contributed by atoms with E-state index in [9.17, 15) is 4.79 Å². The zero-order chi connectivity index (χ0) is 17.1. The summed E-state index contributed by atoms with van der Waals surface area (Å²) in [5.41, 5.74) is 3.07. The average Bonchev–Trinajstić information content (AvgIpc) is 2.96. The molecule has 0 unspecified atom stereocenters. The topological polar surface area (TPSA) is 47.9 Å². The van der Waals surface area contributed by atoms with Crippen LogP contribution in [0.15, 0.2) is 59.2 Å². The van der Waals surface area contributed by atoms with Crippen molar-refractivity contribution in [3.05, 3.63) is 70.9 Å². The van der Waals surface area contributed by atoms with Crippen molar-refractivity contribution in [1.29, 1.82) is 0 Å². The van der Waals surface area contributed by atoms with Crippen LogP contribution in [-0.2, 0) is 9.53 Å². The molecule has 0 bridgehead atoms. The van der Waals surface area contributed by atoms with Crippen molar-refractivity contribution >= 4 is 17.9 Å². The molecule has 0 spiro atoms. The number of hydrogen-bond donors (Lipinski definition) is 0. The second-order valence-electron chi connectivity index (χ2n) is 5.85. The van der Waals surface area contributed by atoms with Gasteiger partial charge in [0, 0.05) is 11.1 Å². The lowest BCUT2D eigenvalue weighted by Gasteiger charge is -2.05. The van der Waals surface area contributed by atoms with E-state index >= 15 is 0 Å². The van der Waals surface area contributed by atoms with E-state index in [2.05, 4.69) is 18.8 Å². The van der Waals surface area contributed by atoms with Gasteiger partial charge in [0.15, 0.2) is 5.70 Å². The highest BCUT2D eigenvalue weighted by Crippen LogP contribution is 2.25. The van der Waals surface area contributed by atoms with Crippen LogP contribution in [-0.4, -0.2) is 19.0 Å². The molecule has 0 aromatic heterocycles. The van der Waals surface area contributed by atoms with Crippen molar-refractivity contribution < 1.29 is 14.3 Å². The number of ether oxygens (including phenoxy) is 2. The van der Waals surface area contributed by atoms with Gasteiger partial charge in [-0.05, 0) is 35.8 Å². The second kappa shape index (κ2) is 6.71. The van der Waals surface area contributed by atoms with Crippen molar-refractivity contribution in [2.24, 2.45) is 4.99 Å². The standard InChI is InChI=1S/C20H19NO3/c1-13(2)14-8-10-15(11-9-14)19-21-17(20(22)24-19)12-16-6-4-5-7-18(16)23-3/h4-13H,1-3H3/b17-12-. The fourth-order valence-electron chi connectivity index (χ4n) is 2.48. The number of esters is 1. The Labute approximate surface area is 141 Å². The monoisotopic (exact) mass is 321 g/mol. The number of carbonyl (C=O) groups excluding carboxylic acids is 1. The lowest BCUT2D eigenvalue weighted by atomic mass is 10.0. The highest BCUT2D eigenvalue weighted by molar-refractivity contribution is 6.12. The molecule has 1 heterocycles. The largest absolute Gasteiger partial charge is 0.496 e. The van der Waals surface area contributed by atoms with Crippen LogP contribution in [0.5, 0.6) is 5.75 Å². The van der Waals surface area contributed by atoms with E-state index in [4.69, 9.17) is 9.47 Å². The van der Waals surface area contributed by atoms with Gasteiger partial charge in [-0.15, -0.1) is 0 Å². The molecule has 0 fully saturated rings. The molecule has 0 aliphatic carbocycles. The second-order valence-corrected chi connectivity index (χ2v) is 5.85. The minimum Gasteiger partial charge on any atom is -0.496 e. The van der Waals surface area contributed by atoms with E-state index in [0.29, 0.717) is 17.6 Å². The van der Waals surface area contributed by atoms with Gasteiger partial charge < -0.3 is 9.47 Å². The first-order chi connectivity index (χ1) is 11.6. The van der Waals surface area contributed by atoms with Crippen LogP contribution in [0.3, 0.4) is 0 Å². The number of methoxy groups -OCH3 is 1. The van der Waals surface area contributed by atoms with Crippen molar-refractivity contribution in [3.8, 4) is 5.75 Å². The van der Waals surface area contributed by atoms with Crippen LogP contribution in [0.25, 0.3) is 6.08 Å². The van der Waals surface area contributed by atoms with Crippen LogP contribution in [0.1, 0.15) is 36.5 Å². The quantitative estimate of drug-likeness (QED) is 0.627. The molecular formula is C20H19NO3. The van der Waals surface area contributed by atoms with Gasteiger partial charge in [-0.25, -0.2) is 9.79 Å². The highest BCUT2D eigenvalue weighted by atomic mass is 16.6. The molecule has 122 valence electrons. The Kier molecular flexibility index (Phi) is 4.47. The Balaban J connectivity index is 1.91. The molecule has 0 radical (unpaired) electrons. The summed E-state index contributed by atoms with van der Waals surface area (Å²) < 4.78 is 10.6. The molecule has 2 aromatic rings. The molecular weight excluding hydrogens is 302 g/mol. The Bertz CT molecular complexity index is 817. The molecule has 1 aliphatic heterocycles. The molecule has 4 nitrogen and oxygen atoms in total. The smallest absolute Gasteiger partial charge is 0.363 e. The zero-order valence-corrected chi connectivity index (χ0v) is 13.9. The Morgan fingerprint density at radius 1 is 1.08 bits per heavy atom. The normalized spacial score (nSPS) is 15.6. The lowest BCUT2D eigenvalue weighted by molar-refractivity contribution is -0.129. The number of hydrogen-bond acceptors (Lipinski definition) is 4. The fraction of sp³-hybridized carbons (Fsp3) is 0.200. The molecule has 3 rings (SSSR count). The maximum Gasteiger partial charge on any atom is 0.363 e. The van der Waals surface area contributed by atoms with Crippen molar-refractivity contribution in [1.82, 2.24) is 0 Å². The predicted octanol–water partition coefficient (Wildman–Crippen LogP) is 4.16. The summed E-state index contributed by atoms with van der Waals surface area (Å²) in [5, 5.41) is 0. The molecule has 0 N–H and O–H groups in total. The van der Waals surface area contributed by atoms with Crippen LogP contribution in [0, 0.1) is 0 Å². The summed E-state index contributed by atoms with van der Waals surface area (Å²) in [6.07, 6.45) is 1.68. The molecule has 2 aromatic carbocycles. The van der Waals surface area contributed by atoms with Gasteiger partial charge in [0.05, 0.1) is 7.11 Å². The van der Waals surface area contributed by atoms with E-state index in [1.165, 1.54) is 5.56 Å². The van der Waals surface area contributed by atoms with Gasteiger partial charge in [-0.2, -0.15) is 0 Å². The SMILES string of the molecule is COc1ccccc1/C=C1\N=C(c2ccc(C(C)C)cc2)OC1=O. The number of carbonyl (C=O) groups is 1. The predicted molar refractivity (Wildman–Crippen MR) is 94.1 cm³/mol. The third kappa shape index (κ3) is 3.23. The van der Waals surface area contributed by atoms with Crippen LogP contribution < -0.4 is 4.74 Å². The molecule has 0 saturated heterocycles. The number of benzene rings is 2. The first-order valence-electron chi connectivity index (χ1n) is 7.84. The van der Waals surface area contributed by atoms with E-state index in [0.717, 1.165) is 11.1 Å². The zero-order valence-electron chi connectivity index (χ0n) is 13.9. The number of nitrogens with zero attached hydrogens (tertiary/aromatic N) is 1. The average molecular weight is 321 g/mol. The van der Waals surface area contributed by atoms with Crippen LogP contribution in [0.2, 0.25) is 0 Å². The van der Waals surface area contributed by atoms with E-state index < -0.39 is 5.97 Å². The molecule has 4 heteroatoms. The van der Waals surface area contributed by atoms with E-state index in [1.54, 1.807) is 13.2 Å². The Morgan fingerprint density at radius 3 is 2.46 bits per heavy atom. The summed E-state index contributed by atoms with van der Waals surface area (Å²) in [6, 6.07) is 15.4. The fourth-order valence-corrected chi connectivity index (χ4v) is 2.48. The minimum absolute atomic E-state index is 0.266. The van der Waals surface area contributed by atoms with Gasteiger partial charge in [-0.3, -0.25) is 0 Å². The lowest BCUT2D eigenvalue weighted by Crippen LogP contribution is -2.05. The maximum atomic E-state index is 12.1. The third-order valence-corrected chi connectivity index (χ3v) is 3.88. The van der Waals surface area contributed by atoms with Crippen molar-refractivity contribution in [3.63, 3.8) is 0 Å². The molecule has 1 aliphatic rings. The summed E-state index contributed by atoms with van der Waals surface area (Å²) in [4.78, 5) is 16.4. The summed E-state index contributed by atoms with van der Waals surface area (Å²) in [5.74, 6) is 1.01. The Hall–Kier alpha value is -2.88. The number of rotatable bonds is 4. The van der Waals surface area contributed by atoms with Gasteiger partial charge >= 0.3 is 5.97 Å². The maximum absolute atomic E-state index is 12.1. The van der Waals surface area contributed by atoms with Gasteiger partial charge in [0.2, 0.25) is 5.90 Å². The van der Waals surface area contributed by atoms with E-state index in [1.807, 2.05) is 48.5 Å². The first-order valence-corrected chi connectivity index (χ1v) is 7.84. The van der Waals surface area contributed by atoms with Gasteiger partial charge in [-0.1, -0.05) is 44.2 Å². The molecule has 24 heavy (non-hydrogen) atoms. The van der Waals surface area contributed by atoms with Crippen LogP contribution >= 0.6 is 0 Å². The van der Waals surface area contributed by atoms with Crippen molar-refractivity contribution in [2.75, 3.05) is 7.11 Å². The molecule has 0 amide bonds. The van der Waals surface area contributed by atoms with E-state index in [-0.39, 0.29) is 5.70 Å². The highest BCUT2D eigenvalue weighted by Gasteiger charge is 2.24. The number of para-hydroxylation sites is 1. The van der Waals surface area contributed by atoms with Crippen LogP contribution in [0.4, 0.5) is 0 Å². The third-order valence-electron chi connectivity index (χ3n) is 3.88. The summed E-state index contributed by atoms with van der Waals surface area (Å²) >= 11 is 0.